The van der Waals surface area contributed by atoms with Gasteiger partial charge in [-0.3, -0.25) is 10.0 Å². The summed E-state index contributed by atoms with van der Waals surface area (Å²) in [6.45, 7) is 0. The van der Waals surface area contributed by atoms with Crippen molar-refractivity contribution >= 4 is 5.91 Å². The van der Waals surface area contributed by atoms with E-state index in [1.807, 2.05) is 0 Å². The molecule has 0 bridgehead atoms. The summed E-state index contributed by atoms with van der Waals surface area (Å²) in [6.07, 6.45) is -2.56. The molecular formula is C13H14F3NO2. The Balaban J connectivity index is 2.58. The second kappa shape index (κ2) is 4.85. The van der Waals surface area contributed by atoms with Crippen LogP contribution >= 0.6 is 0 Å². The van der Waals surface area contributed by atoms with Gasteiger partial charge in [-0.2, -0.15) is 13.2 Å². The standard InChI is InChI=1S/C13H14F3NO2/c14-13(15,16)10-6-2-1-5-9(10)12(11(18)17-19)7-3-4-8-12/h1-2,5-6,19H,3-4,7-8H2,(H,17,18). The molecule has 1 aliphatic carbocycles. The monoisotopic (exact) mass is 273 g/mol. The largest absolute Gasteiger partial charge is 0.416 e. The van der Waals surface area contributed by atoms with Crippen molar-refractivity contribution in [3.8, 4) is 0 Å². The molecule has 0 radical (unpaired) electrons. The van der Waals surface area contributed by atoms with Crippen molar-refractivity contribution in [2.24, 2.45) is 0 Å². The summed E-state index contributed by atoms with van der Waals surface area (Å²) in [5, 5.41) is 8.83. The van der Waals surface area contributed by atoms with Crippen molar-refractivity contribution < 1.29 is 23.2 Å². The van der Waals surface area contributed by atoms with Gasteiger partial charge < -0.3 is 0 Å². The third-order valence-electron chi connectivity index (χ3n) is 3.74. The number of hydrogen-bond donors (Lipinski definition) is 2. The highest BCUT2D eigenvalue weighted by molar-refractivity contribution is 5.88. The zero-order chi connectivity index (χ0) is 14.1. The van der Waals surface area contributed by atoms with Crippen LogP contribution in [0.5, 0.6) is 0 Å². The number of amides is 1. The van der Waals surface area contributed by atoms with E-state index in [0.717, 1.165) is 6.07 Å². The summed E-state index contributed by atoms with van der Waals surface area (Å²) in [4.78, 5) is 11.9. The third-order valence-corrected chi connectivity index (χ3v) is 3.74. The minimum atomic E-state index is -4.51. The number of benzene rings is 1. The Bertz CT molecular complexity index is 479. The van der Waals surface area contributed by atoms with E-state index in [-0.39, 0.29) is 5.56 Å². The number of carbonyl (C=O) groups excluding carboxylic acids is 1. The van der Waals surface area contributed by atoms with Gasteiger partial charge in [-0.25, -0.2) is 5.48 Å². The highest BCUT2D eigenvalue weighted by Gasteiger charge is 2.47. The first-order valence-corrected chi connectivity index (χ1v) is 6.03. The molecule has 3 nitrogen and oxygen atoms in total. The summed E-state index contributed by atoms with van der Waals surface area (Å²) < 4.78 is 39.1. The van der Waals surface area contributed by atoms with Crippen molar-refractivity contribution in [2.45, 2.75) is 37.3 Å². The molecule has 0 atom stereocenters. The molecule has 2 rings (SSSR count). The van der Waals surface area contributed by atoms with Gasteiger partial charge in [0.25, 0.3) is 5.91 Å². The molecule has 1 aromatic rings. The zero-order valence-electron chi connectivity index (χ0n) is 10.1. The number of hydrogen-bond acceptors (Lipinski definition) is 2. The van der Waals surface area contributed by atoms with Gasteiger partial charge >= 0.3 is 6.18 Å². The van der Waals surface area contributed by atoms with Crippen LogP contribution < -0.4 is 5.48 Å². The predicted molar refractivity (Wildman–Crippen MR) is 61.5 cm³/mol. The number of nitrogens with one attached hydrogen (secondary N) is 1. The Morgan fingerprint density at radius 3 is 2.32 bits per heavy atom. The average molecular weight is 273 g/mol. The van der Waals surface area contributed by atoms with E-state index in [2.05, 4.69) is 0 Å². The number of rotatable bonds is 2. The van der Waals surface area contributed by atoms with Crippen molar-refractivity contribution in [3.05, 3.63) is 35.4 Å². The lowest BCUT2D eigenvalue weighted by Crippen LogP contribution is -2.42. The predicted octanol–water partition coefficient (Wildman–Crippen LogP) is 3.02. The van der Waals surface area contributed by atoms with Gasteiger partial charge in [0, 0.05) is 0 Å². The molecule has 0 saturated heterocycles. The Morgan fingerprint density at radius 1 is 1.21 bits per heavy atom. The molecule has 0 aliphatic heterocycles. The molecule has 1 aromatic carbocycles. The van der Waals surface area contributed by atoms with Crippen molar-refractivity contribution in [1.82, 2.24) is 5.48 Å². The summed E-state index contributed by atoms with van der Waals surface area (Å²) in [5.41, 5.74) is -0.613. The van der Waals surface area contributed by atoms with Gasteiger partial charge in [0.1, 0.15) is 0 Å². The molecule has 1 amide bonds. The first-order valence-electron chi connectivity index (χ1n) is 6.03. The highest BCUT2D eigenvalue weighted by atomic mass is 19.4. The molecule has 1 saturated carbocycles. The minimum absolute atomic E-state index is 0.0495. The van der Waals surface area contributed by atoms with Crippen LogP contribution in [0.25, 0.3) is 0 Å². The van der Waals surface area contributed by atoms with Crippen LogP contribution in [0.4, 0.5) is 13.2 Å². The van der Waals surface area contributed by atoms with Gasteiger partial charge in [0.05, 0.1) is 11.0 Å². The lowest BCUT2D eigenvalue weighted by molar-refractivity contribution is -0.141. The van der Waals surface area contributed by atoms with Crippen molar-refractivity contribution in [1.29, 1.82) is 0 Å². The van der Waals surface area contributed by atoms with Gasteiger partial charge in [-0.15, -0.1) is 0 Å². The Kier molecular flexibility index (Phi) is 3.54. The molecule has 1 fully saturated rings. The van der Waals surface area contributed by atoms with Gasteiger partial charge in [-0.05, 0) is 24.5 Å². The highest BCUT2D eigenvalue weighted by Crippen LogP contribution is 2.46. The fourth-order valence-corrected chi connectivity index (χ4v) is 2.85. The molecule has 0 aromatic heterocycles. The number of carbonyl (C=O) groups is 1. The second-order valence-corrected chi connectivity index (χ2v) is 4.77. The molecule has 104 valence electrons. The van der Waals surface area contributed by atoms with E-state index in [9.17, 15) is 18.0 Å². The zero-order valence-corrected chi connectivity index (χ0v) is 10.1. The van der Waals surface area contributed by atoms with Crippen molar-refractivity contribution in [2.75, 3.05) is 0 Å². The smallest absolute Gasteiger partial charge is 0.289 e. The van der Waals surface area contributed by atoms with E-state index < -0.39 is 23.1 Å². The van der Waals surface area contributed by atoms with Gasteiger partial charge in [-0.1, -0.05) is 31.0 Å². The van der Waals surface area contributed by atoms with Crippen LogP contribution in [-0.2, 0) is 16.4 Å². The molecular weight excluding hydrogens is 259 g/mol. The molecule has 1 aliphatic rings. The van der Waals surface area contributed by atoms with Crippen molar-refractivity contribution in [3.63, 3.8) is 0 Å². The Labute approximate surface area is 108 Å². The maximum atomic E-state index is 13.0. The van der Waals surface area contributed by atoms with Crippen LogP contribution in [-0.4, -0.2) is 11.1 Å². The topological polar surface area (TPSA) is 49.3 Å². The molecule has 0 heterocycles. The Morgan fingerprint density at radius 2 is 1.79 bits per heavy atom. The van der Waals surface area contributed by atoms with E-state index in [0.29, 0.717) is 25.7 Å². The molecule has 0 unspecified atom stereocenters. The minimum Gasteiger partial charge on any atom is -0.289 e. The molecule has 2 N–H and O–H groups in total. The lowest BCUT2D eigenvalue weighted by Gasteiger charge is -2.29. The van der Waals surface area contributed by atoms with Crippen LogP contribution in [0.15, 0.2) is 24.3 Å². The average Bonchev–Trinajstić information content (AvgIpc) is 2.87. The number of halogens is 3. The first-order chi connectivity index (χ1) is 8.92. The quantitative estimate of drug-likeness (QED) is 0.642. The number of alkyl halides is 3. The van der Waals surface area contributed by atoms with E-state index >= 15 is 0 Å². The second-order valence-electron chi connectivity index (χ2n) is 4.77. The van der Waals surface area contributed by atoms with Crippen LogP contribution in [0.2, 0.25) is 0 Å². The lowest BCUT2D eigenvalue weighted by atomic mass is 9.76. The van der Waals surface area contributed by atoms with Crippen LogP contribution in [0.1, 0.15) is 36.8 Å². The molecule has 6 heteroatoms. The van der Waals surface area contributed by atoms with E-state index in [1.54, 1.807) is 0 Å². The van der Waals surface area contributed by atoms with Crippen LogP contribution in [0.3, 0.4) is 0 Å². The maximum Gasteiger partial charge on any atom is 0.416 e. The number of hydroxylamine groups is 1. The van der Waals surface area contributed by atoms with Gasteiger partial charge in [0.2, 0.25) is 0 Å². The normalized spacial score (nSPS) is 18.3. The SMILES string of the molecule is O=C(NO)C1(c2ccccc2C(F)(F)F)CCCC1. The van der Waals surface area contributed by atoms with E-state index in [1.165, 1.54) is 23.7 Å². The van der Waals surface area contributed by atoms with E-state index in [4.69, 9.17) is 5.21 Å². The fraction of sp³-hybridized carbons (Fsp3) is 0.462. The first kappa shape index (κ1) is 13.9. The fourth-order valence-electron chi connectivity index (χ4n) is 2.85. The summed E-state index contributed by atoms with van der Waals surface area (Å²) in [7, 11) is 0. The summed E-state index contributed by atoms with van der Waals surface area (Å²) >= 11 is 0. The van der Waals surface area contributed by atoms with Gasteiger partial charge in [0.15, 0.2) is 0 Å². The molecule has 19 heavy (non-hydrogen) atoms. The third kappa shape index (κ3) is 2.32. The maximum absolute atomic E-state index is 13.0. The van der Waals surface area contributed by atoms with Crippen LogP contribution in [0, 0.1) is 0 Å². The summed E-state index contributed by atoms with van der Waals surface area (Å²) in [5.74, 6) is -0.762. The molecule has 0 spiro atoms. The summed E-state index contributed by atoms with van der Waals surface area (Å²) in [6, 6.07) is 5.07. The Hall–Kier alpha value is -1.56.